The van der Waals surface area contributed by atoms with Gasteiger partial charge in [-0.3, -0.25) is 9.18 Å². The van der Waals surface area contributed by atoms with Crippen molar-refractivity contribution in [2.24, 2.45) is 4.99 Å². The predicted octanol–water partition coefficient (Wildman–Crippen LogP) is 0.573. The fourth-order valence-corrected chi connectivity index (χ4v) is 4.07. The molecule has 4 N–H and O–H groups in total. The third kappa shape index (κ3) is 3.13. The number of hydrogen-bond acceptors (Lipinski definition) is 8. The number of nitrogens with zero attached hydrogens (tertiary/aromatic N) is 1. The van der Waals surface area contributed by atoms with E-state index in [0.717, 1.165) is 12.0 Å². The topological polar surface area (TPSA) is 112 Å². The van der Waals surface area contributed by atoms with E-state index < -0.39 is 41.5 Å². The fourth-order valence-electron chi connectivity index (χ4n) is 2.42. The molecule has 3 rings (SSSR count). The van der Waals surface area contributed by atoms with Crippen LogP contribution >= 0.6 is 39.6 Å². The molecule has 0 amide bonds. The summed E-state index contributed by atoms with van der Waals surface area (Å²) in [6, 6.07) is 0. The second-order valence-corrected chi connectivity index (χ2v) is 7.95. The monoisotopic (exact) mass is 440 g/mol. The van der Waals surface area contributed by atoms with Crippen molar-refractivity contribution in [3.63, 3.8) is 0 Å². The summed E-state index contributed by atoms with van der Waals surface area (Å²) in [4.78, 5) is 4.04. The summed E-state index contributed by atoms with van der Waals surface area (Å²) in [6.45, 7) is -0.556. The lowest BCUT2D eigenvalue weighted by molar-refractivity contribution is -0.274. The molecular formula is C14H15BrClNO6S. The van der Waals surface area contributed by atoms with Gasteiger partial charge < -0.3 is 25.2 Å². The van der Waals surface area contributed by atoms with Gasteiger partial charge in [-0.2, -0.15) is 0 Å². The molecule has 7 nitrogen and oxygen atoms in total. The van der Waals surface area contributed by atoms with Crippen molar-refractivity contribution in [2.45, 2.75) is 34.9 Å². The van der Waals surface area contributed by atoms with Crippen molar-refractivity contribution >= 4 is 45.8 Å². The molecule has 0 aromatic rings. The summed E-state index contributed by atoms with van der Waals surface area (Å²) in [5.74, 6) is 0. The highest BCUT2D eigenvalue weighted by Crippen LogP contribution is 2.52. The van der Waals surface area contributed by atoms with E-state index in [4.69, 9.17) is 21.9 Å². The summed E-state index contributed by atoms with van der Waals surface area (Å²) in [6.07, 6.45) is -2.04. The zero-order valence-corrected chi connectivity index (χ0v) is 15.2. The Morgan fingerprint density at radius 2 is 2.08 bits per heavy atom. The standard InChI is InChI=1S/C14H15BrClNO6S/c15-9-2-1-7-6(3-4-17-7)14(9,16)24-23-13-12(21)11(20)10(19)8(5-18)22-13/h1-4,8,10-13,18-21H,5H2/t8-,10+,11+,12-,13?,14?/m1/s1/i4D. The van der Waals surface area contributed by atoms with E-state index in [9.17, 15) is 20.4 Å². The summed E-state index contributed by atoms with van der Waals surface area (Å²) in [7, 11) is 0. The molecule has 2 aliphatic heterocycles. The smallest absolute Gasteiger partial charge is 0.199 e. The Labute approximate surface area is 157 Å². The van der Waals surface area contributed by atoms with Gasteiger partial charge in [-0.15, -0.1) is 0 Å². The minimum Gasteiger partial charge on any atom is -0.394 e. The predicted molar refractivity (Wildman–Crippen MR) is 92.7 cm³/mol. The number of aliphatic imine (C=N–C) groups is 1. The van der Waals surface area contributed by atoms with Gasteiger partial charge in [0, 0.05) is 28.3 Å². The number of ether oxygens (including phenoxy) is 1. The summed E-state index contributed by atoms with van der Waals surface area (Å²) < 4.78 is 17.7. The van der Waals surface area contributed by atoms with E-state index in [0.29, 0.717) is 15.8 Å². The van der Waals surface area contributed by atoms with Crippen LogP contribution in [0.2, 0.25) is 0 Å². The van der Waals surface area contributed by atoms with Gasteiger partial charge in [-0.1, -0.05) is 27.5 Å². The Balaban J connectivity index is 1.75. The molecule has 1 aliphatic carbocycles. The first-order valence-electron chi connectivity index (χ1n) is 7.47. The van der Waals surface area contributed by atoms with E-state index in [-0.39, 0.29) is 6.19 Å². The molecule has 0 aromatic carbocycles. The van der Waals surface area contributed by atoms with E-state index in [1.165, 1.54) is 6.08 Å². The first-order chi connectivity index (χ1) is 11.8. The molecule has 6 atom stereocenters. The van der Waals surface area contributed by atoms with E-state index in [1.807, 2.05) is 0 Å². The molecule has 1 fully saturated rings. The minimum absolute atomic E-state index is 0.0512. The highest BCUT2D eigenvalue weighted by atomic mass is 79.9. The number of allylic oxidation sites excluding steroid dienone is 4. The molecule has 2 unspecified atom stereocenters. The van der Waals surface area contributed by atoms with Crippen molar-refractivity contribution in [1.29, 1.82) is 0 Å². The average molecular weight is 442 g/mol. The summed E-state index contributed by atoms with van der Waals surface area (Å²) >= 11 is 10.7. The molecule has 24 heavy (non-hydrogen) atoms. The van der Waals surface area contributed by atoms with Gasteiger partial charge >= 0.3 is 0 Å². The van der Waals surface area contributed by atoms with Crippen LogP contribution in [0.1, 0.15) is 1.37 Å². The van der Waals surface area contributed by atoms with Crippen LogP contribution in [-0.2, 0) is 8.92 Å². The summed E-state index contributed by atoms with van der Waals surface area (Å²) in [5, 5.41) is 38.8. The van der Waals surface area contributed by atoms with Crippen LogP contribution in [0.15, 0.2) is 39.0 Å². The van der Waals surface area contributed by atoms with Crippen LogP contribution in [0.25, 0.3) is 0 Å². The van der Waals surface area contributed by atoms with Crippen molar-refractivity contribution in [1.82, 2.24) is 0 Å². The maximum atomic E-state index is 10.0. The SMILES string of the molecule is [2H]C1=NC2=CC=C(Br)C(Cl)(SOC3O[C@H](CO)[C@H](O)[C@H](O)[C@H]3O)C2=C1. The van der Waals surface area contributed by atoms with Gasteiger partial charge in [0.1, 0.15) is 24.4 Å². The third-order valence-electron chi connectivity index (χ3n) is 3.82. The molecule has 1 saturated heterocycles. The van der Waals surface area contributed by atoms with E-state index >= 15 is 0 Å². The molecule has 2 heterocycles. The lowest BCUT2D eigenvalue weighted by Gasteiger charge is -2.40. The van der Waals surface area contributed by atoms with Crippen LogP contribution in [0, 0.1) is 0 Å². The quantitative estimate of drug-likeness (QED) is 0.373. The highest BCUT2D eigenvalue weighted by Gasteiger charge is 2.47. The van der Waals surface area contributed by atoms with Crippen LogP contribution in [0.4, 0.5) is 0 Å². The molecule has 10 heteroatoms. The molecule has 0 bridgehead atoms. The van der Waals surface area contributed by atoms with Crippen molar-refractivity contribution in [3.05, 3.63) is 34.0 Å². The van der Waals surface area contributed by atoms with Crippen LogP contribution in [0.5, 0.6) is 0 Å². The molecule has 132 valence electrons. The van der Waals surface area contributed by atoms with E-state index in [2.05, 4.69) is 20.9 Å². The molecule has 0 radical (unpaired) electrons. The second kappa shape index (κ2) is 7.18. The number of fused-ring (bicyclic) bond motifs is 1. The number of halogens is 2. The van der Waals surface area contributed by atoms with Crippen molar-refractivity contribution in [2.75, 3.05) is 6.61 Å². The first-order valence-corrected chi connectivity index (χ1v) is 8.89. The number of alkyl halides is 1. The maximum Gasteiger partial charge on any atom is 0.199 e. The van der Waals surface area contributed by atoms with Gasteiger partial charge in [0.15, 0.2) is 10.5 Å². The fraction of sp³-hybridized carbons (Fsp3) is 0.500. The number of hydrogen-bond donors (Lipinski definition) is 4. The van der Waals surface area contributed by atoms with Gasteiger partial charge in [-0.05, 0) is 18.2 Å². The Kier molecular flexibility index (Phi) is 5.14. The Morgan fingerprint density at radius 1 is 1.33 bits per heavy atom. The Morgan fingerprint density at radius 3 is 2.79 bits per heavy atom. The average Bonchev–Trinajstić information content (AvgIpc) is 2.98. The lowest BCUT2D eigenvalue weighted by Crippen LogP contribution is -2.58. The van der Waals surface area contributed by atoms with Gasteiger partial charge in [0.2, 0.25) is 0 Å². The molecule has 0 aromatic heterocycles. The molecule has 0 saturated carbocycles. The number of aliphatic hydroxyl groups is 4. The maximum absolute atomic E-state index is 10.0. The molecule has 3 aliphatic rings. The minimum atomic E-state index is -1.54. The lowest BCUT2D eigenvalue weighted by atomic mass is 10.00. The normalized spacial score (nSPS) is 42.6. The second-order valence-electron chi connectivity index (χ2n) is 5.34. The van der Waals surface area contributed by atoms with Crippen molar-refractivity contribution < 1.29 is 30.7 Å². The molecule has 0 spiro atoms. The van der Waals surface area contributed by atoms with Gasteiger partial charge in [0.25, 0.3) is 0 Å². The van der Waals surface area contributed by atoms with E-state index in [1.54, 1.807) is 12.2 Å². The third-order valence-corrected chi connectivity index (χ3v) is 6.72. The molecular weight excluding hydrogens is 426 g/mol. The number of rotatable bonds is 4. The zero-order valence-electron chi connectivity index (χ0n) is 13.0. The highest BCUT2D eigenvalue weighted by molar-refractivity contribution is 9.12. The van der Waals surface area contributed by atoms with Crippen molar-refractivity contribution in [3.8, 4) is 0 Å². The zero-order chi connectivity index (χ0) is 18.4. The van der Waals surface area contributed by atoms with Gasteiger partial charge in [0.05, 0.1) is 13.7 Å². The largest absolute Gasteiger partial charge is 0.394 e. The number of aliphatic hydroxyl groups excluding tert-OH is 4. The Bertz CT molecular complexity index is 686. The first kappa shape index (κ1) is 17.2. The van der Waals surface area contributed by atoms with Crippen LogP contribution in [-0.4, -0.2) is 68.1 Å². The van der Waals surface area contributed by atoms with Gasteiger partial charge in [-0.25, -0.2) is 0 Å². The summed E-state index contributed by atoms with van der Waals surface area (Å²) in [5.41, 5.74) is 1.05. The Hall–Kier alpha value is -0.230. The van der Waals surface area contributed by atoms with Crippen LogP contribution in [0.3, 0.4) is 0 Å². The van der Waals surface area contributed by atoms with Crippen LogP contribution < -0.4 is 0 Å².